The minimum absolute atomic E-state index is 0.204. The molecule has 0 radical (unpaired) electrons. The highest BCUT2D eigenvalue weighted by molar-refractivity contribution is 9.10. The molecule has 0 saturated carbocycles. The standard InChI is InChI=1S/C22H21BrN4O3/c1-30-19-8-3-2-5-14(19)11-20-25-18-9-10-27(13-17(18)21(28)26-20)22(29)24-16-7-4-6-15(23)12-16/h2-8,12H,9-11,13H2,1H3,(H,24,29)(H,25,26,28). The van der Waals surface area contributed by atoms with Gasteiger partial charge in [0.1, 0.15) is 11.6 Å². The molecule has 1 aliphatic rings. The second-order valence-corrected chi connectivity index (χ2v) is 7.95. The van der Waals surface area contributed by atoms with Crippen LogP contribution >= 0.6 is 15.9 Å². The third-order valence-corrected chi connectivity index (χ3v) is 5.52. The van der Waals surface area contributed by atoms with Gasteiger partial charge in [-0.2, -0.15) is 0 Å². The van der Waals surface area contributed by atoms with Crippen LogP contribution in [0.5, 0.6) is 5.75 Å². The predicted molar refractivity (Wildman–Crippen MR) is 118 cm³/mol. The third kappa shape index (κ3) is 4.38. The van der Waals surface area contributed by atoms with Gasteiger partial charge in [0.25, 0.3) is 5.56 Å². The summed E-state index contributed by atoms with van der Waals surface area (Å²) in [5, 5.41) is 2.87. The molecule has 0 atom stereocenters. The summed E-state index contributed by atoms with van der Waals surface area (Å²) >= 11 is 3.39. The number of benzene rings is 2. The zero-order chi connectivity index (χ0) is 21.1. The number of aromatic nitrogens is 2. The number of amides is 2. The zero-order valence-corrected chi connectivity index (χ0v) is 18.0. The molecular weight excluding hydrogens is 448 g/mol. The van der Waals surface area contributed by atoms with Crippen molar-refractivity contribution >= 4 is 27.6 Å². The van der Waals surface area contributed by atoms with E-state index < -0.39 is 0 Å². The number of carbonyl (C=O) groups is 1. The van der Waals surface area contributed by atoms with E-state index in [0.717, 1.165) is 21.5 Å². The summed E-state index contributed by atoms with van der Waals surface area (Å²) < 4.78 is 6.27. The van der Waals surface area contributed by atoms with Gasteiger partial charge >= 0.3 is 6.03 Å². The molecule has 0 fully saturated rings. The number of nitrogens with zero attached hydrogens (tertiary/aromatic N) is 2. The molecule has 0 aliphatic carbocycles. The number of hydrogen-bond donors (Lipinski definition) is 2. The fourth-order valence-corrected chi connectivity index (χ4v) is 3.93. The molecule has 2 aromatic carbocycles. The lowest BCUT2D eigenvalue weighted by atomic mass is 10.1. The van der Waals surface area contributed by atoms with Crippen molar-refractivity contribution in [1.82, 2.24) is 14.9 Å². The molecule has 1 aromatic heterocycles. The molecule has 0 spiro atoms. The molecule has 30 heavy (non-hydrogen) atoms. The lowest BCUT2D eigenvalue weighted by molar-refractivity contribution is 0.205. The average Bonchev–Trinajstić information content (AvgIpc) is 2.74. The van der Waals surface area contributed by atoms with Crippen molar-refractivity contribution in [3.05, 3.63) is 86.0 Å². The first-order valence-corrected chi connectivity index (χ1v) is 10.4. The van der Waals surface area contributed by atoms with Gasteiger partial charge in [-0.15, -0.1) is 0 Å². The maximum Gasteiger partial charge on any atom is 0.322 e. The van der Waals surface area contributed by atoms with E-state index in [-0.39, 0.29) is 18.1 Å². The Bertz CT molecular complexity index is 1150. The van der Waals surface area contributed by atoms with E-state index in [0.29, 0.717) is 36.5 Å². The molecule has 7 nitrogen and oxygen atoms in total. The lowest BCUT2D eigenvalue weighted by Crippen LogP contribution is -2.42. The van der Waals surface area contributed by atoms with E-state index in [4.69, 9.17) is 4.74 Å². The number of hydrogen-bond acceptors (Lipinski definition) is 4. The summed E-state index contributed by atoms with van der Waals surface area (Å²) in [4.78, 5) is 34.5. The number of H-pyrrole nitrogens is 1. The van der Waals surface area contributed by atoms with Crippen LogP contribution < -0.4 is 15.6 Å². The van der Waals surface area contributed by atoms with Crippen LogP contribution in [0.25, 0.3) is 0 Å². The van der Waals surface area contributed by atoms with Gasteiger partial charge in [-0.25, -0.2) is 9.78 Å². The summed E-state index contributed by atoms with van der Waals surface area (Å²) in [5.74, 6) is 1.35. The van der Waals surface area contributed by atoms with Gasteiger partial charge in [0.05, 0.1) is 24.9 Å². The van der Waals surface area contributed by atoms with Gasteiger partial charge in [0.2, 0.25) is 0 Å². The Balaban J connectivity index is 1.50. The first-order valence-electron chi connectivity index (χ1n) is 9.58. The fourth-order valence-electron chi connectivity index (χ4n) is 3.53. The number of aromatic amines is 1. The first-order chi connectivity index (χ1) is 14.5. The maximum atomic E-state index is 12.7. The largest absolute Gasteiger partial charge is 0.496 e. The third-order valence-electron chi connectivity index (χ3n) is 5.03. The Hall–Kier alpha value is -3.13. The van der Waals surface area contributed by atoms with Gasteiger partial charge in [-0.05, 0) is 24.3 Å². The molecule has 4 rings (SSSR count). The summed E-state index contributed by atoms with van der Waals surface area (Å²) in [7, 11) is 1.62. The molecule has 2 amide bonds. The number of anilines is 1. The van der Waals surface area contributed by atoms with Crippen molar-refractivity contribution in [2.75, 3.05) is 19.0 Å². The molecule has 2 heterocycles. The minimum Gasteiger partial charge on any atom is -0.496 e. The number of methoxy groups -OCH3 is 1. The van der Waals surface area contributed by atoms with E-state index in [1.807, 2.05) is 48.5 Å². The molecule has 0 bridgehead atoms. The van der Waals surface area contributed by atoms with Gasteiger partial charge < -0.3 is 19.9 Å². The van der Waals surface area contributed by atoms with Crippen molar-refractivity contribution in [2.45, 2.75) is 19.4 Å². The van der Waals surface area contributed by atoms with Gasteiger partial charge in [0.15, 0.2) is 0 Å². The second-order valence-electron chi connectivity index (χ2n) is 7.04. The smallest absolute Gasteiger partial charge is 0.322 e. The summed E-state index contributed by atoms with van der Waals surface area (Å²) in [6.07, 6.45) is 1.00. The van der Waals surface area contributed by atoms with Crippen molar-refractivity contribution in [1.29, 1.82) is 0 Å². The molecule has 2 N–H and O–H groups in total. The summed E-state index contributed by atoms with van der Waals surface area (Å²) in [5.41, 5.74) is 2.72. The zero-order valence-electron chi connectivity index (χ0n) is 16.4. The molecule has 0 unspecified atom stereocenters. The Kier molecular flexibility index (Phi) is 5.85. The van der Waals surface area contributed by atoms with Crippen LogP contribution in [0.4, 0.5) is 10.5 Å². The fraction of sp³-hybridized carbons (Fsp3) is 0.227. The maximum absolute atomic E-state index is 12.7. The van der Waals surface area contributed by atoms with Gasteiger partial charge in [-0.1, -0.05) is 40.2 Å². The number of ether oxygens (including phenoxy) is 1. The first kappa shape index (κ1) is 20.2. The number of rotatable bonds is 4. The van der Waals surface area contributed by atoms with E-state index >= 15 is 0 Å². The molecule has 1 aliphatic heterocycles. The monoisotopic (exact) mass is 468 g/mol. The van der Waals surface area contributed by atoms with Crippen LogP contribution in [0.3, 0.4) is 0 Å². The predicted octanol–water partition coefficient (Wildman–Crippen LogP) is 3.72. The van der Waals surface area contributed by atoms with Crippen LogP contribution in [-0.2, 0) is 19.4 Å². The Morgan fingerprint density at radius 3 is 2.90 bits per heavy atom. The minimum atomic E-state index is -0.240. The van der Waals surface area contributed by atoms with E-state index in [1.165, 1.54) is 0 Å². The molecule has 154 valence electrons. The van der Waals surface area contributed by atoms with Crippen LogP contribution in [-0.4, -0.2) is 34.6 Å². The van der Waals surface area contributed by atoms with Crippen LogP contribution in [0, 0.1) is 0 Å². The van der Waals surface area contributed by atoms with Crippen molar-refractivity contribution in [3.8, 4) is 5.75 Å². The Labute approximate surface area is 182 Å². The number of para-hydroxylation sites is 1. The Morgan fingerprint density at radius 1 is 1.27 bits per heavy atom. The average molecular weight is 469 g/mol. The van der Waals surface area contributed by atoms with E-state index in [1.54, 1.807) is 12.0 Å². The summed E-state index contributed by atoms with van der Waals surface area (Å²) in [6, 6.07) is 14.8. The molecule has 3 aromatic rings. The quantitative estimate of drug-likeness (QED) is 0.610. The van der Waals surface area contributed by atoms with Gasteiger partial charge in [-0.3, -0.25) is 4.79 Å². The van der Waals surface area contributed by atoms with E-state index in [9.17, 15) is 9.59 Å². The van der Waals surface area contributed by atoms with Crippen LogP contribution in [0.1, 0.15) is 22.6 Å². The highest BCUT2D eigenvalue weighted by atomic mass is 79.9. The van der Waals surface area contributed by atoms with Crippen molar-refractivity contribution < 1.29 is 9.53 Å². The second kappa shape index (κ2) is 8.71. The number of halogens is 1. The topological polar surface area (TPSA) is 87.3 Å². The molecule has 8 heteroatoms. The van der Waals surface area contributed by atoms with Crippen molar-refractivity contribution in [2.24, 2.45) is 0 Å². The molecular formula is C22H21BrN4O3. The Morgan fingerprint density at radius 2 is 2.10 bits per heavy atom. The van der Waals surface area contributed by atoms with Crippen LogP contribution in [0.2, 0.25) is 0 Å². The highest BCUT2D eigenvalue weighted by Crippen LogP contribution is 2.21. The number of nitrogens with one attached hydrogen (secondary N) is 2. The van der Waals surface area contributed by atoms with E-state index in [2.05, 4.69) is 31.2 Å². The van der Waals surface area contributed by atoms with Crippen LogP contribution in [0.15, 0.2) is 57.8 Å². The number of fused-ring (bicyclic) bond motifs is 1. The number of urea groups is 1. The summed E-state index contributed by atoms with van der Waals surface area (Å²) in [6.45, 7) is 0.726. The normalized spacial score (nSPS) is 12.9. The highest BCUT2D eigenvalue weighted by Gasteiger charge is 2.25. The lowest BCUT2D eigenvalue weighted by Gasteiger charge is -2.28. The van der Waals surface area contributed by atoms with Crippen molar-refractivity contribution in [3.63, 3.8) is 0 Å². The SMILES string of the molecule is COc1ccccc1Cc1nc2c(c(=O)[nH]1)CN(C(=O)Nc1cccc(Br)c1)CC2. The molecule has 0 saturated heterocycles. The van der Waals surface area contributed by atoms with Gasteiger partial charge in [0, 0.05) is 35.1 Å². The number of carbonyl (C=O) groups excluding carboxylic acids is 1.